The number of hydrogen-bond donors (Lipinski definition) is 4. The summed E-state index contributed by atoms with van der Waals surface area (Å²) in [6.45, 7) is 0.0794. The number of aromatic nitrogens is 4. The van der Waals surface area contributed by atoms with E-state index in [1.165, 1.54) is 12.7 Å². The lowest BCUT2D eigenvalue weighted by Gasteiger charge is -2.17. The van der Waals surface area contributed by atoms with Crippen molar-refractivity contribution in [2.75, 3.05) is 18.1 Å². The third-order valence-electron chi connectivity index (χ3n) is 6.31. The van der Waals surface area contributed by atoms with Gasteiger partial charge in [-0.1, -0.05) is 6.42 Å². The molecule has 2 amide bonds. The van der Waals surface area contributed by atoms with E-state index in [4.69, 9.17) is 15.2 Å². The van der Waals surface area contributed by atoms with E-state index < -0.39 is 18.4 Å². The molecule has 2 aromatic rings. The molecule has 0 aromatic carbocycles. The highest BCUT2D eigenvalue weighted by atomic mass is 32.2. The maximum absolute atomic E-state index is 12.2. The molecule has 178 valence electrons. The lowest BCUT2D eigenvalue weighted by Crippen LogP contribution is -2.36. The smallest absolute Gasteiger partial charge is 0.315 e. The molecule has 0 saturated carbocycles. The molecule has 33 heavy (non-hydrogen) atoms. The van der Waals surface area contributed by atoms with Gasteiger partial charge in [-0.3, -0.25) is 9.36 Å². The van der Waals surface area contributed by atoms with Crippen molar-refractivity contribution in [3.05, 3.63) is 12.7 Å². The summed E-state index contributed by atoms with van der Waals surface area (Å²) in [4.78, 5) is 35.9. The zero-order valence-electron chi connectivity index (χ0n) is 17.9. The Balaban J connectivity index is 1.04. The van der Waals surface area contributed by atoms with Crippen molar-refractivity contribution in [3.8, 4) is 0 Å². The number of nitrogens with zero attached hydrogens (tertiary/aromatic N) is 4. The minimum atomic E-state index is -0.791. The molecule has 0 bridgehead atoms. The number of nitrogens with two attached hydrogens (primary N) is 1. The molecule has 3 saturated heterocycles. The molecule has 3 fully saturated rings. The number of aliphatic hydroxyl groups excluding tert-OH is 1. The van der Waals surface area contributed by atoms with Crippen molar-refractivity contribution in [2.24, 2.45) is 0 Å². The van der Waals surface area contributed by atoms with Gasteiger partial charge in [0.2, 0.25) is 0 Å². The zero-order valence-corrected chi connectivity index (χ0v) is 18.7. The first-order chi connectivity index (χ1) is 16.0. The summed E-state index contributed by atoms with van der Waals surface area (Å²) in [6, 6.07) is 0.316. The Kier molecular flexibility index (Phi) is 6.25. The van der Waals surface area contributed by atoms with Crippen LogP contribution in [0, 0.1) is 0 Å². The highest BCUT2D eigenvalue weighted by Gasteiger charge is 2.42. The van der Waals surface area contributed by atoms with Gasteiger partial charge in [0.1, 0.15) is 24.6 Å². The Bertz CT molecular complexity index is 1040. The maximum Gasteiger partial charge on any atom is 0.315 e. The summed E-state index contributed by atoms with van der Waals surface area (Å²) in [6.07, 6.45) is 4.18. The van der Waals surface area contributed by atoms with Gasteiger partial charge in [-0.2, -0.15) is 11.8 Å². The van der Waals surface area contributed by atoms with Crippen LogP contribution in [-0.4, -0.2) is 78.5 Å². The fourth-order valence-electron chi connectivity index (χ4n) is 4.66. The Labute approximate surface area is 194 Å². The van der Waals surface area contributed by atoms with E-state index in [1.807, 2.05) is 11.8 Å². The summed E-state index contributed by atoms with van der Waals surface area (Å²) in [5.41, 5.74) is 6.74. The van der Waals surface area contributed by atoms with Crippen molar-refractivity contribution < 1.29 is 24.2 Å². The first-order valence-electron chi connectivity index (χ1n) is 11.1. The van der Waals surface area contributed by atoms with Crippen molar-refractivity contribution in [1.29, 1.82) is 0 Å². The van der Waals surface area contributed by atoms with Crippen LogP contribution in [0.1, 0.15) is 38.3 Å². The second-order valence-corrected chi connectivity index (χ2v) is 9.86. The number of amides is 2. The number of anilines is 1. The largest absolute Gasteiger partial charge is 0.463 e. The standard InChI is InChI=1S/C20H27N7O5S/c21-17-16-18(23-8-22-17)27(9-24-16)19-12(28)5-10(32-19)6-31-14(29)4-2-1-3-13-15-11(7-33-13)25-20(30)26-15/h8-13,15,19,28H,1-7H2,(H2,21,22,23)(H2,25,26,30)/t10-,11-,12-,13-,15-,19?/m0/s1. The number of thioether (sulfide) groups is 1. The van der Waals surface area contributed by atoms with E-state index >= 15 is 0 Å². The topological polar surface area (TPSA) is 167 Å². The average Bonchev–Trinajstić information content (AvgIpc) is 3.54. The van der Waals surface area contributed by atoms with Gasteiger partial charge < -0.3 is 30.9 Å². The molecule has 0 aliphatic carbocycles. The van der Waals surface area contributed by atoms with E-state index in [-0.39, 0.29) is 36.5 Å². The molecule has 3 aliphatic rings. The van der Waals surface area contributed by atoms with Crippen molar-refractivity contribution in [3.63, 3.8) is 0 Å². The number of nitrogens with one attached hydrogen (secondary N) is 2. The first kappa shape index (κ1) is 22.2. The fourth-order valence-corrected chi connectivity index (χ4v) is 6.20. The van der Waals surface area contributed by atoms with Crippen LogP contribution in [0.4, 0.5) is 10.6 Å². The number of urea groups is 1. The van der Waals surface area contributed by atoms with Crippen LogP contribution in [0.5, 0.6) is 0 Å². The number of esters is 1. The van der Waals surface area contributed by atoms with Crippen LogP contribution in [0.25, 0.3) is 11.2 Å². The Morgan fingerprint density at radius 1 is 1.33 bits per heavy atom. The normalized spacial score (nSPS) is 30.9. The summed E-state index contributed by atoms with van der Waals surface area (Å²) < 4.78 is 12.9. The third kappa shape index (κ3) is 4.57. The number of carbonyl (C=O) groups excluding carboxylic acids is 2. The van der Waals surface area contributed by atoms with E-state index in [0.29, 0.717) is 29.3 Å². The molecule has 12 nitrogen and oxygen atoms in total. The van der Waals surface area contributed by atoms with Gasteiger partial charge in [0.15, 0.2) is 17.7 Å². The van der Waals surface area contributed by atoms with E-state index in [9.17, 15) is 14.7 Å². The molecule has 0 spiro atoms. The average molecular weight is 478 g/mol. The Hall–Kier alpha value is -2.64. The minimum Gasteiger partial charge on any atom is -0.463 e. The Morgan fingerprint density at radius 3 is 3.09 bits per heavy atom. The summed E-state index contributed by atoms with van der Waals surface area (Å²) >= 11 is 1.87. The molecule has 6 atom stereocenters. The quantitative estimate of drug-likeness (QED) is 0.236. The molecular formula is C20H27N7O5S. The van der Waals surface area contributed by atoms with Crippen LogP contribution < -0.4 is 16.4 Å². The minimum absolute atomic E-state index is 0.0794. The maximum atomic E-state index is 12.2. The molecule has 2 aromatic heterocycles. The third-order valence-corrected chi connectivity index (χ3v) is 7.82. The van der Waals surface area contributed by atoms with Gasteiger partial charge in [0.25, 0.3) is 0 Å². The number of ether oxygens (including phenoxy) is 2. The van der Waals surface area contributed by atoms with E-state index in [2.05, 4.69) is 25.6 Å². The van der Waals surface area contributed by atoms with Crippen LogP contribution in [0.15, 0.2) is 12.7 Å². The number of carbonyl (C=O) groups is 2. The number of rotatable bonds is 8. The van der Waals surface area contributed by atoms with E-state index in [1.54, 1.807) is 4.57 Å². The number of hydrogen-bond acceptors (Lipinski definition) is 10. The van der Waals surface area contributed by atoms with Crippen LogP contribution in [0.3, 0.4) is 0 Å². The van der Waals surface area contributed by atoms with Gasteiger partial charge in [-0.25, -0.2) is 19.7 Å². The van der Waals surface area contributed by atoms with E-state index in [0.717, 1.165) is 25.0 Å². The molecular weight excluding hydrogens is 450 g/mol. The predicted molar refractivity (Wildman–Crippen MR) is 119 cm³/mol. The summed E-state index contributed by atoms with van der Waals surface area (Å²) in [5, 5.41) is 16.8. The molecule has 5 rings (SSSR count). The lowest BCUT2D eigenvalue weighted by atomic mass is 10.0. The van der Waals surface area contributed by atoms with Gasteiger partial charge in [-0.05, 0) is 12.8 Å². The van der Waals surface area contributed by atoms with Gasteiger partial charge >= 0.3 is 12.0 Å². The molecule has 1 unspecified atom stereocenters. The highest BCUT2D eigenvalue weighted by Crippen LogP contribution is 2.34. The van der Waals surface area contributed by atoms with Gasteiger partial charge in [-0.15, -0.1) is 0 Å². The molecule has 0 radical (unpaired) electrons. The van der Waals surface area contributed by atoms with Gasteiger partial charge in [0.05, 0.1) is 24.5 Å². The van der Waals surface area contributed by atoms with Gasteiger partial charge in [0, 0.05) is 23.8 Å². The van der Waals surface area contributed by atoms with Crippen LogP contribution in [-0.2, 0) is 14.3 Å². The zero-order chi connectivity index (χ0) is 22.9. The predicted octanol–water partition coefficient (Wildman–Crippen LogP) is 0.326. The molecule has 3 aliphatic heterocycles. The van der Waals surface area contributed by atoms with Crippen molar-refractivity contribution >= 4 is 40.7 Å². The number of unbranched alkanes of at least 4 members (excludes halogenated alkanes) is 1. The second kappa shape index (κ2) is 9.31. The Morgan fingerprint density at radius 2 is 2.21 bits per heavy atom. The monoisotopic (exact) mass is 477 g/mol. The number of aliphatic hydroxyl groups is 1. The first-order valence-corrected chi connectivity index (χ1v) is 12.2. The number of imidazole rings is 1. The SMILES string of the molecule is Nc1ncnc2c1ncn2C1O[C@H](COC(=O)CCCC[C@@H]2SC[C@@H]3NC(=O)N[C@@H]32)C[C@@H]1O. The second-order valence-electron chi connectivity index (χ2n) is 8.59. The van der Waals surface area contributed by atoms with Crippen LogP contribution >= 0.6 is 11.8 Å². The highest BCUT2D eigenvalue weighted by molar-refractivity contribution is 8.00. The molecule has 5 N–H and O–H groups in total. The van der Waals surface area contributed by atoms with Crippen molar-refractivity contribution in [1.82, 2.24) is 30.2 Å². The lowest BCUT2D eigenvalue weighted by molar-refractivity contribution is -0.148. The fraction of sp³-hybridized carbons (Fsp3) is 0.650. The van der Waals surface area contributed by atoms with Crippen LogP contribution in [0.2, 0.25) is 0 Å². The summed E-state index contributed by atoms with van der Waals surface area (Å²) in [7, 11) is 0. The molecule has 13 heteroatoms. The molecule has 5 heterocycles. The number of nitrogen functional groups attached to an aromatic ring is 1. The van der Waals surface area contributed by atoms with Crippen molar-refractivity contribution in [2.45, 2.75) is 67.9 Å². The number of fused-ring (bicyclic) bond motifs is 2. The summed E-state index contributed by atoms with van der Waals surface area (Å²) in [5.74, 6) is 0.908.